The monoisotopic (exact) mass is 318 g/mol. The van der Waals surface area contributed by atoms with Gasteiger partial charge in [-0.05, 0) is 60.8 Å². The number of benzene rings is 2. The van der Waals surface area contributed by atoms with Gasteiger partial charge in [-0.2, -0.15) is 0 Å². The predicted octanol–water partition coefficient (Wildman–Crippen LogP) is 4.08. The molecule has 120 valence electrons. The summed E-state index contributed by atoms with van der Waals surface area (Å²) in [6, 6.07) is 15.5. The molecule has 0 bridgehead atoms. The lowest BCUT2D eigenvalue weighted by atomic mass is 9.97. The van der Waals surface area contributed by atoms with Crippen LogP contribution in [0.4, 0.5) is 0 Å². The Hall–Kier alpha value is -1.09. The van der Waals surface area contributed by atoms with Crippen molar-refractivity contribution in [2.24, 2.45) is 5.92 Å². The molecule has 1 heterocycles. The maximum atomic E-state index is 3.46. The first-order valence-electron chi connectivity index (χ1n) is 8.26. The van der Waals surface area contributed by atoms with Gasteiger partial charge in [0.25, 0.3) is 0 Å². The molecule has 0 saturated carbocycles. The maximum absolute atomic E-state index is 3.46. The highest BCUT2D eigenvalue weighted by molar-refractivity contribution is 5.85. The molecule has 1 aliphatic rings. The van der Waals surface area contributed by atoms with Crippen LogP contribution in [0.15, 0.2) is 42.5 Å². The molecule has 22 heavy (non-hydrogen) atoms. The summed E-state index contributed by atoms with van der Waals surface area (Å²) in [6.45, 7) is 8.12. The summed E-state index contributed by atoms with van der Waals surface area (Å²) in [5.41, 5.74) is 1.43. The summed E-state index contributed by atoms with van der Waals surface area (Å²) in [7, 11) is 0. The number of hydrogen-bond acceptors (Lipinski definition) is 2. The highest BCUT2D eigenvalue weighted by atomic mass is 35.5. The van der Waals surface area contributed by atoms with Crippen LogP contribution in [0.5, 0.6) is 0 Å². The maximum Gasteiger partial charge on any atom is 0.0233 e. The van der Waals surface area contributed by atoms with E-state index in [1.807, 2.05) is 0 Å². The molecule has 0 unspecified atom stereocenters. The molecule has 0 amide bonds. The smallest absolute Gasteiger partial charge is 0.0233 e. The summed E-state index contributed by atoms with van der Waals surface area (Å²) in [4.78, 5) is 2.60. The lowest BCUT2D eigenvalue weighted by Crippen LogP contribution is -2.35. The Labute approximate surface area is 140 Å². The van der Waals surface area contributed by atoms with E-state index in [0.29, 0.717) is 0 Å². The van der Waals surface area contributed by atoms with Crippen LogP contribution in [0.2, 0.25) is 0 Å². The van der Waals surface area contributed by atoms with Crippen LogP contribution in [-0.2, 0) is 6.54 Å². The standard InChI is InChI=1S/C19H26N2.ClH/c1-2-21(14-16-9-11-20-12-10-16)15-17-7-8-18-5-3-4-6-19(18)13-17;/h3-8,13,16,20H,2,9-12,14-15H2,1H3;1H. The minimum absolute atomic E-state index is 0. The Morgan fingerprint density at radius 2 is 1.77 bits per heavy atom. The Morgan fingerprint density at radius 1 is 1.05 bits per heavy atom. The van der Waals surface area contributed by atoms with E-state index in [-0.39, 0.29) is 12.4 Å². The molecular formula is C19H27ClN2. The molecule has 3 heteroatoms. The van der Waals surface area contributed by atoms with Gasteiger partial charge in [-0.1, -0.05) is 43.3 Å². The number of nitrogens with one attached hydrogen (secondary N) is 1. The topological polar surface area (TPSA) is 15.3 Å². The summed E-state index contributed by atoms with van der Waals surface area (Å²) in [5, 5.41) is 6.15. The molecule has 1 fully saturated rings. The Morgan fingerprint density at radius 3 is 2.50 bits per heavy atom. The van der Waals surface area contributed by atoms with Crippen LogP contribution >= 0.6 is 12.4 Å². The largest absolute Gasteiger partial charge is 0.317 e. The van der Waals surface area contributed by atoms with E-state index >= 15 is 0 Å². The van der Waals surface area contributed by atoms with Crippen molar-refractivity contribution >= 4 is 23.2 Å². The number of halogens is 1. The van der Waals surface area contributed by atoms with Crippen molar-refractivity contribution in [2.45, 2.75) is 26.3 Å². The van der Waals surface area contributed by atoms with Gasteiger partial charge in [-0.3, -0.25) is 4.90 Å². The molecular weight excluding hydrogens is 292 g/mol. The van der Waals surface area contributed by atoms with Crippen LogP contribution in [0.25, 0.3) is 10.8 Å². The Balaban J connectivity index is 0.00000176. The van der Waals surface area contributed by atoms with Crippen LogP contribution < -0.4 is 5.32 Å². The van der Waals surface area contributed by atoms with E-state index < -0.39 is 0 Å². The van der Waals surface area contributed by atoms with Crippen molar-refractivity contribution in [1.29, 1.82) is 0 Å². The van der Waals surface area contributed by atoms with Gasteiger partial charge < -0.3 is 5.32 Å². The fourth-order valence-electron chi connectivity index (χ4n) is 3.33. The molecule has 0 aliphatic carbocycles. The van der Waals surface area contributed by atoms with Crippen molar-refractivity contribution in [1.82, 2.24) is 10.2 Å². The third-order valence-corrected chi connectivity index (χ3v) is 4.64. The summed E-state index contributed by atoms with van der Waals surface area (Å²) < 4.78 is 0. The van der Waals surface area contributed by atoms with E-state index in [1.54, 1.807) is 0 Å². The SMILES string of the molecule is CCN(Cc1ccc2ccccc2c1)CC1CCNCC1.Cl. The van der Waals surface area contributed by atoms with Crippen molar-refractivity contribution in [3.63, 3.8) is 0 Å². The molecule has 1 saturated heterocycles. The lowest BCUT2D eigenvalue weighted by molar-refractivity contribution is 0.207. The first kappa shape index (κ1) is 17.3. The van der Waals surface area contributed by atoms with Crippen LogP contribution in [0.1, 0.15) is 25.3 Å². The van der Waals surface area contributed by atoms with E-state index in [1.165, 1.54) is 48.8 Å². The van der Waals surface area contributed by atoms with Crippen molar-refractivity contribution in [2.75, 3.05) is 26.2 Å². The third-order valence-electron chi connectivity index (χ3n) is 4.64. The summed E-state index contributed by atoms with van der Waals surface area (Å²) in [6.07, 6.45) is 2.66. The van der Waals surface area contributed by atoms with E-state index in [9.17, 15) is 0 Å². The number of rotatable bonds is 5. The number of fused-ring (bicyclic) bond motifs is 1. The zero-order chi connectivity index (χ0) is 14.5. The average molecular weight is 319 g/mol. The zero-order valence-corrected chi connectivity index (χ0v) is 14.2. The Bertz CT molecular complexity index is 578. The number of piperidine rings is 1. The molecule has 1 aliphatic heterocycles. The van der Waals surface area contributed by atoms with Gasteiger partial charge in [0.1, 0.15) is 0 Å². The normalized spacial score (nSPS) is 15.9. The fraction of sp³-hybridized carbons (Fsp3) is 0.474. The second-order valence-corrected chi connectivity index (χ2v) is 6.20. The van der Waals surface area contributed by atoms with Crippen LogP contribution in [0.3, 0.4) is 0 Å². The van der Waals surface area contributed by atoms with Gasteiger partial charge in [0.05, 0.1) is 0 Å². The van der Waals surface area contributed by atoms with Gasteiger partial charge in [-0.15, -0.1) is 12.4 Å². The van der Waals surface area contributed by atoms with E-state index in [4.69, 9.17) is 0 Å². The van der Waals surface area contributed by atoms with Gasteiger partial charge in [-0.25, -0.2) is 0 Å². The van der Waals surface area contributed by atoms with Crippen molar-refractivity contribution in [3.8, 4) is 0 Å². The van der Waals surface area contributed by atoms with E-state index in [0.717, 1.165) is 19.0 Å². The molecule has 2 aromatic carbocycles. The first-order valence-corrected chi connectivity index (χ1v) is 8.26. The minimum Gasteiger partial charge on any atom is -0.317 e. The number of nitrogens with zero attached hydrogens (tertiary/aromatic N) is 1. The summed E-state index contributed by atoms with van der Waals surface area (Å²) >= 11 is 0. The van der Waals surface area contributed by atoms with Gasteiger partial charge in [0.15, 0.2) is 0 Å². The van der Waals surface area contributed by atoms with Crippen molar-refractivity contribution < 1.29 is 0 Å². The molecule has 0 radical (unpaired) electrons. The van der Waals surface area contributed by atoms with Gasteiger partial charge >= 0.3 is 0 Å². The fourth-order valence-corrected chi connectivity index (χ4v) is 3.33. The second kappa shape index (κ2) is 8.52. The molecule has 0 spiro atoms. The predicted molar refractivity (Wildman–Crippen MR) is 97.7 cm³/mol. The molecule has 2 nitrogen and oxygen atoms in total. The van der Waals surface area contributed by atoms with Crippen LogP contribution in [-0.4, -0.2) is 31.1 Å². The second-order valence-electron chi connectivity index (χ2n) is 6.20. The molecule has 0 aromatic heterocycles. The highest BCUT2D eigenvalue weighted by Crippen LogP contribution is 2.19. The average Bonchev–Trinajstić information content (AvgIpc) is 2.55. The first-order chi connectivity index (χ1) is 10.3. The molecule has 1 N–H and O–H groups in total. The molecule has 3 rings (SSSR count). The third kappa shape index (κ3) is 4.45. The Kier molecular flexibility index (Phi) is 6.69. The quantitative estimate of drug-likeness (QED) is 0.893. The number of hydrogen-bond donors (Lipinski definition) is 1. The van der Waals surface area contributed by atoms with Gasteiger partial charge in [0, 0.05) is 13.1 Å². The van der Waals surface area contributed by atoms with Crippen LogP contribution in [0, 0.1) is 5.92 Å². The highest BCUT2D eigenvalue weighted by Gasteiger charge is 2.16. The zero-order valence-electron chi connectivity index (χ0n) is 13.4. The molecule has 2 aromatic rings. The van der Waals surface area contributed by atoms with Gasteiger partial charge in [0.2, 0.25) is 0 Å². The minimum atomic E-state index is 0. The molecule has 0 atom stereocenters. The lowest BCUT2D eigenvalue weighted by Gasteiger charge is -2.29. The van der Waals surface area contributed by atoms with Crippen molar-refractivity contribution in [3.05, 3.63) is 48.0 Å². The summed E-state index contributed by atoms with van der Waals surface area (Å²) in [5.74, 6) is 0.867. The van der Waals surface area contributed by atoms with E-state index in [2.05, 4.69) is 59.6 Å².